The number of ether oxygens (including phenoxy) is 1. The molecule has 0 radical (unpaired) electrons. The van der Waals surface area contributed by atoms with E-state index < -0.39 is 0 Å². The minimum Gasteiger partial charge on any atom is -0.503 e. The van der Waals surface area contributed by atoms with E-state index in [1.54, 1.807) is 6.08 Å². The highest BCUT2D eigenvalue weighted by Gasteiger charge is 2.08. The van der Waals surface area contributed by atoms with Crippen LogP contribution >= 0.6 is 0 Å². The van der Waals surface area contributed by atoms with Gasteiger partial charge in [-0.25, -0.2) is 0 Å². The van der Waals surface area contributed by atoms with Gasteiger partial charge < -0.3 is 9.84 Å². The molecule has 0 atom stereocenters. The number of rotatable bonds is 3. The molecule has 1 N–H and O–H groups in total. The van der Waals surface area contributed by atoms with E-state index in [4.69, 9.17) is 4.74 Å². The van der Waals surface area contributed by atoms with Gasteiger partial charge in [0.25, 0.3) is 5.88 Å². The molecule has 2 rings (SSSR count). The Hall–Kier alpha value is -2.36. The summed E-state index contributed by atoms with van der Waals surface area (Å²) in [5.74, 6) is 0.736. The number of hydrogen-bond acceptors (Lipinski definition) is 4. The van der Waals surface area contributed by atoms with Crippen LogP contribution in [0.5, 0.6) is 17.4 Å². The standard InChI is InChI=1S/C14H14N2O2/c1-3-6-11-9-12(17)14(16-15-11)18-13-8-5-4-7-10(13)2/h3-9H,1-2H3,(H,15,17). The molecule has 92 valence electrons. The average Bonchev–Trinajstić information content (AvgIpc) is 2.35. The van der Waals surface area contributed by atoms with E-state index in [1.807, 2.05) is 44.2 Å². The van der Waals surface area contributed by atoms with Crippen molar-refractivity contribution >= 4 is 6.08 Å². The molecule has 0 aliphatic rings. The molecule has 0 amide bonds. The Morgan fingerprint density at radius 2 is 2.00 bits per heavy atom. The maximum absolute atomic E-state index is 9.81. The van der Waals surface area contributed by atoms with Crippen molar-refractivity contribution in [2.75, 3.05) is 0 Å². The molecule has 1 heterocycles. The number of aromatic nitrogens is 2. The van der Waals surface area contributed by atoms with Crippen LogP contribution in [-0.2, 0) is 0 Å². The van der Waals surface area contributed by atoms with E-state index in [1.165, 1.54) is 6.07 Å². The minimum atomic E-state index is -0.0265. The topological polar surface area (TPSA) is 55.2 Å². The third-order valence-electron chi connectivity index (χ3n) is 2.40. The van der Waals surface area contributed by atoms with Crippen LogP contribution in [-0.4, -0.2) is 15.3 Å². The highest BCUT2D eigenvalue weighted by atomic mass is 16.5. The maximum Gasteiger partial charge on any atom is 0.281 e. The summed E-state index contributed by atoms with van der Waals surface area (Å²) in [4.78, 5) is 0. The summed E-state index contributed by atoms with van der Waals surface area (Å²) < 4.78 is 5.53. The molecule has 0 unspecified atom stereocenters. The Morgan fingerprint density at radius 1 is 1.22 bits per heavy atom. The average molecular weight is 242 g/mol. The van der Waals surface area contributed by atoms with Gasteiger partial charge in [-0.2, -0.15) is 0 Å². The molecule has 0 spiro atoms. The van der Waals surface area contributed by atoms with Gasteiger partial charge in [-0.15, -0.1) is 10.2 Å². The molecule has 4 heteroatoms. The summed E-state index contributed by atoms with van der Waals surface area (Å²) in [7, 11) is 0. The molecule has 2 aromatic rings. The zero-order chi connectivity index (χ0) is 13.0. The van der Waals surface area contributed by atoms with Crippen molar-refractivity contribution in [3.63, 3.8) is 0 Å². The fourth-order valence-electron chi connectivity index (χ4n) is 1.49. The zero-order valence-electron chi connectivity index (χ0n) is 10.3. The molecule has 18 heavy (non-hydrogen) atoms. The van der Waals surface area contributed by atoms with Crippen LogP contribution in [0.1, 0.15) is 18.2 Å². The molecular formula is C14H14N2O2. The van der Waals surface area contributed by atoms with Crippen LogP contribution in [0.25, 0.3) is 6.08 Å². The fourth-order valence-corrected chi connectivity index (χ4v) is 1.49. The van der Waals surface area contributed by atoms with Crippen molar-refractivity contribution in [3.05, 3.63) is 47.7 Å². The fraction of sp³-hybridized carbons (Fsp3) is 0.143. The number of para-hydroxylation sites is 1. The van der Waals surface area contributed by atoms with Crippen molar-refractivity contribution in [2.45, 2.75) is 13.8 Å². The smallest absolute Gasteiger partial charge is 0.281 e. The molecule has 0 saturated heterocycles. The lowest BCUT2D eigenvalue weighted by atomic mass is 10.2. The molecule has 0 bridgehead atoms. The van der Waals surface area contributed by atoms with Crippen LogP contribution in [0.2, 0.25) is 0 Å². The number of aryl methyl sites for hydroxylation is 1. The summed E-state index contributed by atoms with van der Waals surface area (Å²) in [6.45, 7) is 3.80. The Bertz CT molecular complexity index is 580. The van der Waals surface area contributed by atoms with Gasteiger partial charge in [-0.3, -0.25) is 0 Å². The Labute approximate surface area is 106 Å². The second kappa shape index (κ2) is 5.31. The van der Waals surface area contributed by atoms with Gasteiger partial charge in [-0.05, 0) is 31.6 Å². The summed E-state index contributed by atoms with van der Waals surface area (Å²) in [5, 5.41) is 17.6. The lowest BCUT2D eigenvalue weighted by Gasteiger charge is -2.08. The molecule has 1 aromatic heterocycles. The normalized spacial score (nSPS) is 10.8. The molecular weight excluding hydrogens is 228 g/mol. The lowest BCUT2D eigenvalue weighted by molar-refractivity contribution is 0.390. The van der Waals surface area contributed by atoms with E-state index in [9.17, 15) is 5.11 Å². The van der Waals surface area contributed by atoms with Gasteiger partial charge in [0.2, 0.25) is 0 Å². The quantitative estimate of drug-likeness (QED) is 0.897. The van der Waals surface area contributed by atoms with Crippen molar-refractivity contribution < 1.29 is 9.84 Å². The maximum atomic E-state index is 9.81. The zero-order valence-corrected chi connectivity index (χ0v) is 10.3. The third kappa shape index (κ3) is 2.66. The SMILES string of the molecule is CC=Cc1cc(O)c(Oc2ccccc2C)nn1. The van der Waals surface area contributed by atoms with E-state index in [0.29, 0.717) is 11.4 Å². The summed E-state index contributed by atoms with van der Waals surface area (Å²) in [6.07, 6.45) is 3.58. The van der Waals surface area contributed by atoms with Gasteiger partial charge in [0.05, 0.1) is 5.69 Å². The first-order valence-corrected chi connectivity index (χ1v) is 5.63. The highest BCUT2D eigenvalue weighted by Crippen LogP contribution is 2.29. The summed E-state index contributed by atoms with van der Waals surface area (Å²) in [6, 6.07) is 9.04. The van der Waals surface area contributed by atoms with Gasteiger partial charge in [0.15, 0.2) is 5.75 Å². The van der Waals surface area contributed by atoms with Crippen LogP contribution in [0.3, 0.4) is 0 Å². The number of benzene rings is 1. The van der Waals surface area contributed by atoms with Crippen molar-refractivity contribution in [3.8, 4) is 17.4 Å². The number of allylic oxidation sites excluding steroid dienone is 1. The second-order valence-corrected chi connectivity index (χ2v) is 3.83. The molecule has 1 aromatic carbocycles. The first kappa shape index (κ1) is 12.1. The molecule has 0 fully saturated rings. The molecule has 0 aliphatic carbocycles. The van der Waals surface area contributed by atoms with Crippen molar-refractivity contribution in [1.82, 2.24) is 10.2 Å². The van der Waals surface area contributed by atoms with Crippen LogP contribution in [0.4, 0.5) is 0 Å². The Morgan fingerprint density at radius 3 is 2.67 bits per heavy atom. The molecule has 0 saturated carbocycles. The van der Waals surface area contributed by atoms with Crippen LogP contribution < -0.4 is 4.74 Å². The number of hydrogen-bond donors (Lipinski definition) is 1. The molecule has 0 aliphatic heterocycles. The first-order valence-electron chi connectivity index (χ1n) is 5.63. The molecule has 4 nitrogen and oxygen atoms in total. The number of nitrogens with zero attached hydrogens (tertiary/aromatic N) is 2. The van der Waals surface area contributed by atoms with E-state index >= 15 is 0 Å². The van der Waals surface area contributed by atoms with Crippen molar-refractivity contribution in [1.29, 1.82) is 0 Å². The van der Waals surface area contributed by atoms with Gasteiger partial charge in [0, 0.05) is 6.07 Å². The van der Waals surface area contributed by atoms with Gasteiger partial charge >= 0.3 is 0 Å². The van der Waals surface area contributed by atoms with Crippen LogP contribution in [0.15, 0.2) is 36.4 Å². The summed E-state index contributed by atoms with van der Waals surface area (Å²) >= 11 is 0. The largest absolute Gasteiger partial charge is 0.503 e. The van der Waals surface area contributed by atoms with Crippen molar-refractivity contribution in [2.24, 2.45) is 0 Å². The third-order valence-corrected chi connectivity index (χ3v) is 2.40. The summed E-state index contributed by atoms with van der Waals surface area (Å²) in [5.41, 5.74) is 1.56. The van der Waals surface area contributed by atoms with E-state index in [-0.39, 0.29) is 11.6 Å². The monoisotopic (exact) mass is 242 g/mol. The Balaban J connectivity index is 2.28. The Kier molecular flexibility index (Phi) is 3.57. The predicted octanol–water partition coefficient (Wildman–Crippen LogP) is 3.32. The lowest BCUT2D eigenvalue weighted by Crippen LogP contribution is -1.94. The predicted molar refractivity (Wildman–Crippen MR) is 69.7 cm³/mol. The number of aromatic hydroxyl groups is 1. The van der Waals surface area contributed by atoms with E-state index in [2.05, 4.69) is 10.2 Å². The first-order chi connectivity index (χ1) is 8.70. The van der Waals surface area contributed by atoms with Crippen LogP contribution in [0, 0.1) is 6.92 Å². The second-order valence-electron chi connectivity index (χ2n) is 3.83. The highest BCUT2D eigenvalue weighted by molar-refractivity contribution is 5.48. The minimum absolute atomic E-state index is 0.0265. The van der Waals surface area contributed by atoms with E-state index in [0.717, 1.165) is 5.56 Å². The van der Waals surface area contributed by atoms with Gasteiger partial charge in [0.1, 0.15) is 5.75 Å². The van der Waals surface area contributed by atoms with Gasteiger partial charge in [-0.1, -0.05) is 24.3 Å².